The van der Waals surface area contributed by atoms with Crippen molar-refractivity contribution in [3.05, 3.63) is 72.4 Å². The first-order chi connectivity index (χ1) is 16.8. The summed E-state index contributed by atoms with van der Waals surface area (Å²) < 4.78 is 6.08. The molecule has 186 valence electrons. The number of aliphatic hydroxyl groups is 1. The Morgan fingerprint density at radius 1 is 1.09 bits per heavy atom. The van der Waals surface area contributed by atoms with Crippen LogP contribution in [0.2, 0.25) is 0 Å². The van der Waals surface area contributed by atoms with Gasteiger partial charge < -0.3 is 15.3 Å². The summed E-state index contributed by atoms with van der Waals surface area (Å²) in [6, 6.07) is 15.5. The van der Waals surface area contributed by atoms with Gasteiger partial charge in [0.1, 0.15) is 5.69 Å². The number of aromatic nitrogens is 2. The van der Waals surface area contributed by atoms with Gasteiger partial charge in [-0.2, -0.15) is 0 Å². The van der Waals surface area contributed by atoms with E-state index in [1.54, 1.807) is 12.4 Å². The molecule has 4 rings (SSSR count). The minimum Gasteiger partial charge on any atom is -0.437 e. The quantitative estimate of drug-likeness (QED) is 0.462. The topological polar surface area (TPSA) is 109 Å². The second-order valence-corrected chi connectivity index (χ2v) is 9.77. The number of amides is 1. The summed E-state index contributed by atoms with van der Waals surface area (Å²) in [6.07, 6.45) is 3.78. The zero-order chi connectivity index (χ0) is 24.8. The SMILES string of the molecule is CC(C)(c1ncc(-c2ccccn2)o1)N1CCN(CC(O)C[C@@H](Cc2ccccc2)C(N)=O)CC1. The lowest BCUT2D eigenvalue weighted by Gasteiger charge is -2.42. The van der Waals surface area contributed by atoms with E-state index in [1.165, 1.54) is 0 Å². The van der Waals surface area contributed by atoms with Gasteiger partial charge in [0.05, 0.1) is 17.8 Å². The third-order valence-electron chi connectivity index (χ3n) is 6.86. The number of nitrogens with zero attached hydrogens (tertiary/aromatic N) is 4. The van der Waals surface area contributed by atoms with Gasteiger partial charge in [-0.25, -0.2) is 4.98 Å². The van der Waals surface area contributed by atoms with Gasteiger partial charge >= 0.3 is 0 Å². The van der Waals surface area contributed by atoms with Crippen LogP contribution in [0.15, 0.2) is 65.3 Å². The highest BCUT2D eigenvalue weighted by Crippen LogP contribution is 2.31. The molecule has 0 bridgehead atoms. The molecule has 1 aliphatic heterocycles. The number of carbonyl (C=O) groups excluding carboxylic acids is 1. The molecule has 1 amide bonds. The Hall–Kier alpha value is -3.07. The van der Waals surface area contributed by atoms with Gasteiger partial charge in [-0.3, -0.25) is 19.6 Å². The maximum absolute atomic E-state index is 12.0. The Bertz CT molecular complexity index is 1080. The third-order valence-corrected chi connectivity index (χ3v) is 6.86. The van der Waals surface area contributed by atoms with E-state index < -0.39 is 6.10 Å². The number of pyridine rings is 1. The molecule has 3 heterocycles. The highest BCUT2D eigenvalue weighted by molar-refractivity contribution is 5.77. The van der Waals surface area contributed by atoms with Crippen molar-refractivity contribution in [3.8, 4) is 11.5 Å². The van der Waals surface area contributed by atoms with Crippen molar-refractivity contribution in [3.63, 3.8) is 0 Å². The molecule has 1 aliphatic rings. The van der Waals surface area contributed by atoms with Crippen LogP contribution in [-0.4, -0.2) is 69.6 Å². The highest BCUT2D eigenvalue weighted by Gasteiger charge is 2.36. The normalized spacial score (nSPS) is 17.2. The lowest BCUT2D eigenvalue weighted by molar-refractivity contribution is -0.122. The van der Waals surface area contributed by atoms with Crippen LogP contribution in [-0.2, 0) is 16.8 Å². The predicted octanol–water partition coefficient (Wildman–Crippen LogP) is 2.68. The summed E-state index contributed by atoms with van der Waals surface area (Å²) in [4.78, 5) is 25.5. The lowest BCUT2D eigenvalue weighted by Crippen LogP contribution is -2.54. The van der Waals surface area contributed by atoms with E-state index in [-0.39, 0.29) is 17.4 Å². The van der Waals surface area contributed by atoms with Crippen LogP contribution in [0.4, 0.5) is 0 Å². The van der Waals surface area contributed by atoms with Gasteiger partial charge in [-0.05, 0) is 44.4 Å². The first-order valence-electron chi connectivity index (χ1n) is 12.2. The minimum absolute atomic E-state index is 0.364. The van der Waals surface area contributed by atoms with Gasteiger partial charge in [0.25, 0.3) is 0 Å². The second-order valence-electron chi connectivity index (χ2n) is 9.77. The molecule has 2 aromatic heterocycles. The third kappa shape index (κ3) is 6.33. The number of oxazole rings is 1. The Kier molecular flexibility index (Phi) is 7.95. The Morgan fingerprint density at radius 2 is 1.80 bits per heavy atom. The molecule has 8 heteroatoms. The van der Waals surface area contributed by atoms with E-state index in [0.717, 1.165) is 37.4 Å². The predicted molar refractivity (Wildman–Crippen MR) is 134 cm³/mol. The highest BCUT2D eigenvalue weighted by atomic mass is 16.4. The number of hydrogen-bond donors (Lipinski definition) is 2. The number of β-amino-alcohol motifs (C(OH)–C–C–N with tert-alkyl or cyclic N) is 1. The Balaban J connectivity index is 1.29. The van der Waals surface area contributed by atoms with Crippen LogP contribution in [0.3, 0.4) is 0 Å². The molecule has 1 saturated heterocycles. The maximum Gasteiger partial charge on any atom is 0.220 e. The molecule has 1 unspecified atom stereocenters. The molecule has 1 aromatic carbocycles. The van der Waals surface area contributed by atoms with E-state index in [0.29, 0.717) is 31.0 Å². The van der Waals surface area contributed by atoms with Gasteiger partial charge in [0.2, 0.25) is 11.8 Å². The van der Waals surface area contributed by atoms with Crippen molar-refractivity contribution < 1.29 is 14.3 Å². The van der Waals surface area contributed by atoms with Crippen LogP contribution < -0.4 is 5.73 Å². The molecule has 0 radical (unpaired) electrons. The summed E-state index contributed by atoms with van der Waals surface area (Å²) in [6.45, 7) is 8.03. The average molecular weight is 478 g/mol. The number of rotatable bonds is 10. The Morgan fingerprint density at radius 3 is 2.46 bits per heavy atom. The Labute approximate surface area is 206 Å². The summed E-state index contributed by atoms with van der Waals surface area (Å²) in [5, 5.41) is 10.7. The fourth-order valence-corrected chi connectivity index (χ4v) is 4.71. The monoisotopic (exact) mass is 477 g/mol. The molecule has 3 N–H and O–H groups in total. The van der Waals surface area contributed by atoms with E-state index >= 15 is 0 Å². The summed E-state index contributed by atoms with van der Waals surface area (Å²) >= 11 is 0. The fourth-order valence-electron chi connectivity index (χ4n) is 4.71. The molecule has 0 aliphatic carbocycles. The van der Waals surface area contributed by atoms with Crippen molar-refractivity contribution in [2.75, 3.05) is 32.7 Å². The number of carbonyl (C=O) groups is 1. The number of primary amides is 1. The second kappa shape index (κ2) is 11.1. The summed E-state index contributed by atoms with van der Waals surface area (Å²) in [5.74, 6) is 0.577. The largest absolute Gasteiger partial charge is 0.437 e. The molecule has 8 nitrogen and oxygen atoms in total. The molecule has 1 fully saturated rings. The first kappa shape index (κ1) is 25.0. The van der Waals surface area contributed by atoms with Crippen molar-refractivity contribution >= 4 is 5.91 Å². The molecular weight excluding hydrogens is 442 g/mol. The molecule has 3 aromatic rings. The fraction of sp³-hybridized carbons (Fsp3) is 0.444. The van der Waals surface area contributed by atoms with E-state index in [2.05, 4.69) is 33.6 Å². The minimum atomic E-state index is -0.608. The zero-order valence-electron chi connectivity index (χ0n) is 20.5. The number of benzene rings is 1. The average Bonchev–Trinajstić information content (AvgIpc) is 3.37. The number of hydrogen-bond acceptors (Lipinski definition) is 7. The van der Waals surface area contributed by atoms with E-state index in [9.17, 15) is 9.90 Å². The van der Waals surface area contributed by atoms with Crippen molar-refractivity contribution in [2.24, 2.45) is 11.7 Å². The number of nitrogens with two attached hydrogens (primary N) is 1. The first-order valence-corrected chi connectivity index (χ1v) is 12.2. The number of aliphatic hydroxyl groups excluding tert-OH is 1. The molecule has 2 atom stereocenters. The van der Waals surface area contributed by atoms with E-state index in [4.69, 9.17) is 10.2 Å². The molecule has 35 heavy (non-hydrogen) atoms. The van der Waals surface area contributed by atoms with E-state index in [1.807, 2.05) is 48.5 Å². The van der Waals surface area contributed by atoms with Crippen LogP contribution >= 0.6 is 0 Å². The summed E-state index contributed by atoms with van der Waals surface area (Å²) in [5.41, 5.74) is 7.09. The van der Waals surface area contributed by atoms with Gasteiger partial charge in [0, 0.05) is 44.8 Å². The van der Waals surface area contributed by atoms with Crippen LogP contribution in [0, 0.1) is 5.92 Å². The zero-order valence-corrected chi connectivity index (χ0v) is 20.5. The van der Waals surface area contributed by atoms with Gasteiger partial charge in [0.15, 0.2) is 5.76 Å². The van der Waals surface area contributed by atoms with Crippen molar-refractivity contribution in [1.29, 1.82) is 0 Å². The standard InChI is InChI=1S/C27H35N5O3/c1-27(2,26-30-18-24(35-26)23-10-6-7-11-29-23)32-14-12-31(13-15-32)19-22(33)17-21(25(28)34)16-20-8-4-3-5-9-20/h3-11,18,21-22,33H,12-17,19H2,1-2H3,(H2,28,34)/t21-,22?/m1/s1. The van der Waals surface area contributed by atoms with Crippen LogP contribution in [0.25, 0.3) is 11.5 Å². The van der Waals surface area contributed by atoms with Crippen LogP contribution in [0.1, 0.15) is 31.7 Å². The van der Waals surface area contributed by atoms with Crippen molar-refractivity contribution in [1.82, 2.24) is 19.8 Å². The molecule has 0 saturated carbocycles. The molecule has 0 spiro atoms. The maximum atomic E-state index is 12.0. The van der Waals surface area contributed by atoms with Crippen molar-refractivity contribution in [2.45, 2.75) is 38.3 Å². The molecular formula is C27H35N5O3. The summed E-state index contributed by atoms with van der Waals surface area (Å²) in [7, 11) is 0. The van der Waals surface area contributed by atoms with Gasteiger partial charge in [-0.1, -0.05) is 36.4 Å². The van der Waals surface area contributed by atoms with Crippen LogP contribution in [0.5, 0.6) is 0 Å². The number of piperazine rings is 1. The smallest absolute Gasteiger partial charge is 0.220 e. The van der Waals surface area contributed by atoms with Gasteiger partial charge in [-0.15, -0.1) is 0 Å². The lowest BCUT2D eigenvalue weighted by atomic mass is 9.93.